The minimum atomic E-state index is 0. The molecular formula is C22H32IN5O. The second kappa shape index (κ2) is 12.6. The molecule has 3 rings (SSSR count). The number of rotatable bonds is 8. The lowest BCUT2D eigenvalue weighted by atomic mass is 10.0. The normalized spacial score (nSPS) is 15.4. The first-order chi connectivity index (χ1) is 13.8. The van der Waals surface area contributed by atoms with Crippen molar-refractivity contribution in [3.8, 4) is 5.75 Å². The Balaban J connectivity index is 0.00000300. The zero-order valence-electron chi connectivity index (χ0n) is 17.3. The van der Waals surface area contributed by atoms with Crippen molar-refractivity contribution in [2.24, 2.45) is 4.99 Å². The van der Waals surface area contributed by atoms with Crippen molar-refractivity contribution in [2.45, 2.75) is 32.4 Å². The van der Waals surface area contributed by atoms with Gasteiger partial charge in [0.25, 0.3) is 0 Å². The monoisotopic (exact) mass is 509 g/mol. The number of nitrogens with zero attached hydrogens (tertiary/aromatic N) is 3. The lowest BCUT2D eigenvalue weighted by molar-refractivity contribution is 0.239. The Labute approximate surface area is 191 Å². The van der Waals surface area contributed by atoms with Crippen LogP contribution in [0.1, 0.15) is 37.1 Å². The van der Waals surface area contributed by atoms with Gasteiger partial charge in [0.1, 0.15) is 5.75 Å². The number of ether oxygens (including phenoxy) is 1. The van der Waals surface area contributed by atoms with Crippen LogP contribution in [0.15, 0.2) is 53.7 Å². The maximum atomic E-state index is 5.64. The molecular weight excluding hydrogens is 477 g/mol. The highest BCUT2D eigenvalue weighted by Gasteiger charge is 2.26. The van der Waals surface area contributed by atoms with Crippen molar-refractivity contribution < 1.29 is 4.74 Å². The Morgan fingerprint density at radius 1 is 1.14 bits per heavy atom. The molecule has 0 aliphatic carbocycles. The van der Waals surface area contributed by atoms with E-state index in [1.165, 1.54) is 18.4 Å². The van der Waals surface area contributed by atoms with Crippen LogP contribution in [0.2, 0.25) is 0 Å². The lowest BCUT2D eigenvalue weighted by Crippen LogP contribution is -2.42. The fourth-order valence-electron chi connectivity index (χ4n) is 3.62. The van der Waals surface area contributed by atoms with E-state index < -0.39 is 0 Å². The lowest BCUT2D eigenvalue weighted by Gasteiger charge is -2.30. The molecule has 0 saturated carbocycles. The minimum Gasteiger partial charge on any atom is -0.496 e. The van der Waals surface area contributed by atoms with Gasteiger partial charge in [-0.1, -0.05) is 24.3 Å². The molecule has 158 valence electrons. The highest BCUT2D eigenvalue weighted by atomic mass is 127. The Morgan fingerprint density at radius 3 is 2.59 bits per heavy atom. The first-order valence-electron chi connectivity index (χ1n) is 10.1. The largest absolute Gasteiger partial charge is 0.496 e. The average molecular weight is 509 g/mol. The Morgan fingerprint density at radius 2 is 1.90 bits per heavy atom. The second-order valence-corrected chi connectivity index (χ2v) is 6.90. The molecule has 29 heavy (non-hydrogen) atoms. The zero-order valence-corrected chi connectivity index (χ0v) is 19.6. The van der Waals surface area contributed by atoms with Crippen LogP contribution in [0.4, 0.5) is 0 Å². The van der Waals surface area contributed by atoms with Crippen molar-refractivity contribution in [2.75, 3.05) is 33.3 Å². The standard InChI is InChI=1S/C22H31N5O.HI/c1-3-23-22(25-16-18-10-6-7-13-24-18)26-17-20(27-14-8-9-15-27)19-11-4-5-12-21(19)28-2;/h4-7,10-13,20H,3,8-9,14-17H2,1-2H3,(H2,23,25,26);1H. The fourth-order valence-corrected chi connectivity index (χ4v) is 3.62. The third kappa shape index (κ3) is 6.85. The van der Waals surface area contributed by atoms with Crippen LogP contribution >= 0.6 is 24.0 Å². The highest BCUT2D eigenvalue weighted by molar-refractivity contribution is 14.0. The molecule has 1 fully saturated rings. The summed E-state index contributed by atoms with van der Waals surface area (Å²) in [6.45, 7) is 6.46. The molecule has 1 unspecified atom stereocenters. The van der Waals surface area contributed by atoms with Crippen molar-refractivity contribution in [3.05, 3.63) is 59.9 Å². The molecule has 6 nitrogen and oxygen atoms in total. The number of hydrogen-bond donors (Lipinski definition) is 2. The smallest absolute Gasteiger partial charge is 0.191 e. The summed E-state index contributed by atoms with van der Waals surface area (Å²) in [7, 11) is 1.74. The van der Waals surface area contributed by atoms with Gasteiger partial charge in [-0.15, -0.1) is 24.0 Å². The summed E-state index contributed by atoms with van der Waals surface area (Å²) in [5, 5.41) is 6.87. The molecule has 2 heterocycles. The summed E-state index contributed by atoms with van der Waals surface area (Å²) in [4.78, 5) is 11.6. The average Bonchev–Trinajstić information content (AvgIpc) is 3.27. The molecule has 1 aliphatic heterocycles. The van der Waals surface area contributed by atoms with E-state index in [0.29, 0.717) is 6.54 Å². The molecule has 2 aromatic rings. The fraction of sp³-hybridized carbons (Fsp3) is 0.455. The number of nitrogens with one attached hydrogen (secondary N) is 2. The maximum absolute atomic E-state index is 5.64. The SMILES string of the molecule is CCNC(=NCc1ccccn1)NCC(c1ccccc1OC)N1CCCC1.I. The van der Waals surface area contributed by atoms with Crippen molar-refractivity contribution in [1.82, 2.24) is 20.5 Å². The Hall–Kier alpha value is -1.87. The third-order valence-electron chi connectivity index (χ3n) is 5.01. The van der Waals surface area contributed by atoms with Crippen LogP contribution in [0.5, 0.6) is 5.75 Å². The van der Waals surface area contributed by atoms with E-state index in [1.807, 2.05) is 30.3 Å². The van der Waals surface area contributed by atoms with E-state index in [2.05, 4.69) is 39.6 Å². The Bertz CT molecular complexity index is 750. The number of likely N-dealkylation sites (tertiary alicyclic amines) is 1. The zero-order chi connectivity index (χ0) is 19.6. The number of pyridine rings is 1. The molecule has 1 aliphatic rings. The number of para-hydroxylation sites is 1. The first-order valence-corrected chi connectivity index (χ1v) is 10.1. The quantitative estimate of drug-likeness (QED) is 0.324. The van der Waals surface area contributed by atoms with Gasteiger partial charge in [-0.3, -0.25) is 9.88 Å². The number of benzene rings is 1. The third-order valence-corrected chi connectivity index (χ3v) is 5.01. The van der Waals surface area contributed by atoms with Crippen LogP contribution in [0.3, 0.4) is 0 Å². The number of halogens is 1. The van der Waals surface area contributed by atoms with Crippen LogP contribution in [0.25, 0.3) is 0 Å². The van der Waals surface area contributed by atoms with E-state index in [1.54, 1.807) is 13.3 Å². The predicted molar refractivity (Wildman–Crippen MR) is 129 cm³/mol. The van der Waals surface area contributed by atoms with Crippen LogP contribution in [0, 0.1) is 0 Å². The molecule has 0 radical (unpaired) electrons. The number of methoxy groups -OCH3 is 1. The molecule has 0 bridgehead atoms. The summed E-state index contributed by atoms with van der Waals surface area (Å²) in [6.07, 6.45) is 4.30. The summed E-state index contributed by atoms with van der Waals surface area (Å²) in [5.74, 6) is 1.75. The molecule has 1 aromatic carbocycles. The van der Waals surface area contributed by atoms with Gasteiger partial charge in [-0.2, -0.15) is 0 Å². The molecule has 1 saturated heterocycles. The molecule has 1 atom stereocenters. The van der Waals surface area contributed by atoms with Gasteiger partial charge in [-0.05, 0) is 51.1 Å². The molecule has 7 heteroatoms. The van der Waals surface area contributed by atoms with E-state index in [4.69, 9.17) is 9.73 Å². The summed E-state index contributed by atoms with van der Waals surface area (Å²) >= 11 is 0. The number of guanidine groups is 1. The van der Waals surface area contributed by atoms with Crippen molar-refractivity contribution in [1.29, 1.82) is 0 Å². The van der Waals surface area contributed by atoms with E-state index in [9.17, 15) is 0 Å². The molecule has 1 aromatic heterocycles. The molecule has 0 spiro atoms. The van der Waals surface area contributed by atoms with Crippen LogP contribution in [-0.4, -0.2) is 49.1 Å². The van der Waals surface area contributed by atoms with Crippen molar-refractivity contribution in [3.63, 3.8) is 0 Å². The van der Waals surface area contributed by atoms with Crippen LogP contribution in [-0.2, 0) is 6.54 Å². The summed E-state index contributed by atoms with van der Waals surface area (Å²) in [5.41, 5.74) is 2.18. The first kappa shape index (κ1) is 23.4. The van der Waals surface area contributed by atoms with E-state index in [-0.39, 0.29) is 30.0 Å². The van der Waals surface area contributed by atoms with E-state index in [0.717, 1.165) is 43.6 Å². The van der Waals surface area contributed by atoms with Gasteiger partial charge >= 0.3 is 0 Å². The summed E-state index contributed by atoms with van der Waals surface area (Å²) < 4.78 is 5.64. The van der Waals surface area contributed by atoms with Gasteiger partial charge in [0.2, 0.25) is 0 Å². The van der Waals surface area contributed by atoms with Gasteiger partial charge in [-0.25, -0.2) is 4.99 Å². The maximum Gasteiger partial charge on any atom is 0.191 e. The summed E-state index contributed by atoms with van der Waals surface area (Å²) in [6, 6.07) is 14.5. The highest BCUT2D eigenvalue weighted by Crippen LogP contribution is 2.31. The van der Waals surface area contributed by atoms with Gasteiger partial charge in [0, 0.05) is 24.8 Å². The van der Waals surface area contributed by atoms with Crippen LogP contribution < -0.4 is 15.4 Å². The number of aliphatic imine (C=N–C) groups is 1. The second-order valence-electron chi connectivity index (χ2n) is 6.90. The molecule has 0 amide bonds. The number of aromatic nitrogens is 1. The van der Waals surface area contributed by atoms with E-state index >= 15 is 0 Å². The minimum absolute atomic E-state index is 0. The van der Waals surface area contributed by atoms with Gasteiger partial charge in [0.15, 0.2) is 5.96 Å². The predicted octanol–water partition coefficient (Wildman–Crippen LogP) is 3.60. The number of hydrogen-bond acceptors (Lipinski definition) is 4. The van der Waals surface area contributed by atoms with Crippen molar-refractivity contribution >= 4 is 29.9 Å². The topological polar surface area (TPSA) is 61.8 Å². The Kier molecular flexibility index (Phi) is 10.2. The molecule has 2 N–H and O–H groups in total. The van der Waals surface area contributed by atoms with Gasteiger partial charge in [0.05, 0.1) is 25.4 Å². The van der Waals surface area contributed by atoms with Gasteiger partial charge < -0.3 is 15.4 Å².